The molecule has 0 radical (unpaired) electrons. The molecular formula is C10H16. The van der Waals surface area contributed by atoms with E-state index in [0.717, 1.165) is 0 Å². The van der Waals surface area contributed by atoms with Crippen LogP contribution in [0.3, 0.4) is 0 Å². The molecule has 0 N–H and O–H groups in total. The normalized spacial score (nSPS) is 21.8. The van der Waals surface area contributed by atoms with Gasteiger partial charge in [0.15, 0.2) is 0 Å². The van der Waals surface area contributed by atoms with Crippen LogP contribution >= 0.6 is 0 Å². The van der Waals surface area contributed by atoms with Gasteiger partial charge in [-0.2, -0.15) is 0 Å². The molecule has 56 valence electrons. The Balaban J connectivity index is 2.43. The van der Waals surface area contributed by atoms with Crippen LogP contribution in [-0.4, -0.2) is 0 Å². The minimum atomic E-state index is 1.25. The van der Waals surface area contributed by atoms with Crippen LogP contribution in [0.25, 0.3) is 0 Å². The second kappa shape index (κ2) is 3.60. The van der Waals surface area contributed by atoms with Crippen LogP contribution in [0.1, 0.15) is 39.5 Å². The van der Waals surface area contributed by atoms with Gasteiger partial charge in [0, 0.05) is 0 Å². The summed E-state index contributed by atoms with van der Waals surface area (Å²) in [7, 11) is 0. The average Bonchev–Trinajstić information content (AvgIpc) is 2.31. The summed E-state index contributed by atoms with van der Waals surface area (Å²) in [6.45, 7) is 4.44. The van der Waals surface area contributed by atoms with Gasteiger partial charge in [0.2, 0.25) is 0 Å². The van der Waals surface area contributed by atoms with Gasteiger partial charge in [0.1, 0.15) is 0 Å². The van der Waals surface area contributed by atoms with E-state index in [1.165, 1.54) is 25.7 Å². The molecule has 0 amide bonds. The maximum atomic E-state index is 2.37. The molecular weight excluding hydrogens is 120 g/mol. The van der Waals surface area contributed by atoms with Crippen molar-refractivity contribution < 1.29 is 0 Å². The minimum Gasteiger partial charge on any atom is -0.0813 e. The molecule has 1 rings (SSSR count). The summed E-state index contributed by atoms with van der Waals surface area (Å²) >= 11 is 0. The second-order valence-corrected chi connectivity index (χ2v) is 3.06. The molecule has 10 heavy (non-hydrogen) atoms. The quantitative estimate of drug-likeness (QED) is 0.545. The largest absolute Gasteiger partial charge is 0.0813 e. The van der Waals surface area contributed by atoms with Gasteiger partial charge in [-0.1, -0.05) is 36.6 Å². The SMILES string of the molecule is CCCC=C1C=C(C)CC1. The van der Waals surface area contributed by atoms with Gasteiger partial charge in [-0.05, 0) is 26.2 Å². The lowest BCUT2D eigenvalue weighted by Crippen LogP contribution is -1.70. The summed E-state index contributed by atoms with van der Waals surface area (Å²) in [6.07, 6.45) is 9.79. The molecule has 1 aliphatic carbocycles. The zero-order valence-electron chi connectivity index (χ0n) is 6.98. The van der Waals surface area contributed by atoms with Crippen molar-refractivity contribution in [3.05, 3.63) is 23.3 Å². The summed E-state index contributed by atoms with van der Waals surface area (Å²) in [5.74, 6) is 0. The Morgan fingerprint density at radius 2 is 2.30 bits per heavy atom. The number of hydrogen-bond donors (Lipinski definition) is 0. The van der Waals surface area contributed by atoms with Gasteiger partial charge < -0.3 is 0 Å². The first kappa shape index (κ1) is 7.59. The van der Waals surface area contributed by atoms with Crippen LogP contribution < -0.4 is 0 Å². The third-order valence-corrected chi connectivity index (χ3v) is 1.94. The third-order valence-electron chi connectivity index (χ3n) is 1.94. The van der Waals surface area contributed by atoms with Crippen molar-refractivity contribution in [3.63, 3.8) is 0 Å². The third kappa shape index (κ3) is 2.02. The number of rotatable bonds is 2. The molecule has 0 aliphatic heterocycles. The molecule has 0 atom stereocenters. The van der Waals surface area contributed by atoms with Crippen molar-refractivity contribution in [2.45, 2.75) is 39.5 Å². The first-order valence-corrected chi connectivity index (χ1v) is 4.19. The van der Waals surface area contributed by atoms with E-state index in [1.807, 2.05) is 0 Å². The van der Waals surface area contributed by atoms with Crippen LogP contribution in [0.2, 0.25) is 0 Å². The Morgan fingerprint density at radius 1 is 1.50 bits per heavy atom. The van der Waals surface area contributed by atoms with Crippen molar-refractivity contribution in [2.24, 2.45) is 0 Å². The molecule has 0 saturated carbocycles. The van der Waals surface area contributed by atoms with Crippen molar-refractivity contribution in [2.75, 3.05) is 0 Å². The molecule has 0 aromatic rings. The highest BCUT2D eigenvalue weighted by atomic mass is 14.1. The fraction of sp³-hybridized carbons (Fsp3) is 0.600. The van der Waals surface area contributed by atoms with Crippen LogP contribution in [-0.2, 0) is 0 Å². The van der Waals surface area contributed by atoms with Gasteiger partial charge in [-0.25, -0.2) is 0 Å². The van der Waals surface area contributed by atoms with Crippen molar-refractivity contribution in [3.8, 4) is 0 Å². The fourth-order valence-electron chi connectivity index (χ4n) is 1.29. The monoisotopic (exact) mass is 136 g/mol. The molecule has 1 aliphatic rings. The smallest absolute Gasteiger partial charge is 0.0245 e. The molecule has 0 spiro atoms. The zero-order chi connectivity index (χ0) is 7.40. The predicted molar refractivity (Wildman–Crippen MR) is 46.0 cm³/mol. The van der Waals surface area contributed by atoms with E-state index in [9.17, 15) is 0 Å². The summed E-state index contributed by atoms with van der Waals surface area (Å²) in [6, 6.07) is 0. The summed E-state index contributed by atoms with van der Waals surface area (Å²) in [4.78, 5) is 0. The lowest BCUT2D eigenvalue weighted by Gasteiger charge is -1.90. The van der Waals surface area contributed by atoms with Crippen molar-refractivity contribution >= 4 is 0 Å². The molecule has 0 saturated heterocycles. The average molecular weight is 136 g/mol. The van der Waals surface area contributed by atoms with Crippen molar-refractivity contribution in [1.82, 2.24) is 0 Å². The molecule has 0 unspecified atom stereocenters. The van der Waals surface area contributed by atoms with E-state index in [0.29, 0.717) is 0 Å². The summed E-state index contributed by atoms with van der Waals surface area (Å²) in [5, 5.41) is 0. The maximum Gasteiger partial charge on any atom is -0.0245 e. The van der Waals surface area contributed by atoms with Gasteiger partial charge in [0.25, 0.3) is 0 Å². The van der Waals surface area contributed by atoms with Crippen LogP contribution in [0, 0.1) is 0 Å². The van der Waals surface area contributed by atoms with E-state index in [2.05, 4.69) is 26.0 Å². The van der Waals surface area contributed by atoms with E-state index in [-0.39, 0.29) is 0 Å². The second-order valence-electron chi connectivity index (χ2n) is 3.06. The number of allylic oxidation sites excluding steroid dienone is 4. The van der Waals surface area contributed by atoms with Crippen LogP contribution in [0.5, 0.6) is 0 Å². The Kier molecular flexibility index (Phi) is 2.73. The van der Waals surface area contributed by atoms with Crippen LogP contribution in [0.15, 0.2) is 23.3 Å². The van der Waals surface area contributed by atoms with E-state index in [4.69, 9.17) is 0 Å². The minimum absolute atomic E-state index is 1.25. The highest BCUT2D eigenvalue weighted by Gasteiger charge is 2.02. The molecule has 0 bridgehead atoms. The first-order valence-electron chi connectivity index (χ1n) is 4.19. The summed E-state index contributed by atoms with van der Waals surface area (Å²) < 4.78 is 0. The maximum absolute atomic E-state index is 2.37. The lowest BCUT2D eigenvalue weighted by molar-refractivity contribution is 0.934. The molecule has 0 heteroatoms. The van der Waals surface area contributed by atoms with Crippen molar-refractivity contribution in [1.29, 1.82) is 0 Å². The van der Waals surface area contributed by atoms with E-state index < -0.39 is 0 Å². The molecule has 0 heterocycles. The van der Waals surface area contributed by atoms with E-state index >= 15 is 0 Å². The number of hydrogen-bond acceptors (Lipinski definition) is 0. The highest BCUT2D eigenvalue weighted by Crippen LogP contribution is 2.22. The molecule has 0 aromatic carbocycles. The Bertz CT molecular complexity index is 161. The Hall–Kier alpha value is -0.520. The molecule has 0 nitrogen and oxygen atoms in total. The summed E-state index contributed by atoms with van der Waals surface area (Å²) in [5.41, 5.74) is 3.10. The van der Waals surface area contributed by atoms with Gasteiger partial charge in [-0.3, -0.25) is 0 Å². The fourth-order valence-corrected chi connectivity index (χ4v) is 1.29. The predicted octanol–water partition coefficient (Wildman–Crippen LogP) is 3.45. The Labute approximate surface area is 63.6 Å². The first-order chi connectivity index (χ1) is 4.83. The van der Waals surface area contributed by atoms with Gasteiger partial charge in [-0.15, -0.1) is 0 Å². The topological polar surface area (TPSA) is 0 Å². The van der Waals surface area contributed by atoms with E-state index in [1.54, 1.807) is 11.1 Å². The Morgan fingerprint density at radius 3 is 2.80 bits per heavy atom. The van der Waals surface area contributed by atoms with Crippen LogP contribution in [0.4, 0.5) is 0 Å². The zero-order valence-corrected chi connectivity index (χ0v) is 6.98. The lowest BCUT2D eigenvalue weighted by atomic mass is 10.2. The van der Waals surface area contributed by atoms with Gasteiger partial charge >= 0.3 is 0 Å². The highest BCUT2D eigenvalue weighted by molar-refractivity contribution is 5.29. The molecule has 0 aromatic heterocycles. The standard InChI is InChI=1S/C10H16/c1-3-4-5-10-7-6-9(2)8-10/h5,8H,3-4,6-7H2,1-2H3. The molecule has 0 fully saturated rings. The van der Waals surface area contributed by atoms with Gasteiger partial charge in [0.05, 0.1) is 0 Å². The number of unbranched alkanes of at least 4 members (excludes halogenated alkanes) is 1.